The Labute approximate surface area is 126 Å². The molecular weight excluding hydrogens is 304 g/mol. The van der Waals surface area contributed by atoms with Crippen LogP contribution < -0.4 is 4.72 Å². The van der Waals surface area contributed by atoms with Crippen molar-refractivity contribution >= 4 is 21.7 Å². The van der Waals surface area contributed by atoms with Gasteiger partial charge in [0.1, 0.15) is 6.33 Å². The molecule has 2 heterocycles. The maximum Gasteiger partial charge on any atom is 0.273 e. The number of nitrogens with zero attached hydrogens (tertiary/aromatic N) is 4. The molecule has 1 aliphatic rings. The van der Waals surface area contributed by atoms with E-state index >= 15 is 0 Å². The second-order valence-corrected chi connectivity index (χ2v) is 6.97. The summed E-state index contributed by atoms with van der Waals surface area (Å²) in [6, 6.07) is 5.29. The largest absolute Gasteiger partial charge is 0.278 e. The molecule has 0 fully saturated rings. The topological polar surface area (TPSA) is 105 Å². The molecule has 2 aromatic heterocycles. The van der Waals surface area contributed by atoms with E-state index in [0.717, 1.165) is 31.2 Å². The molecule has 0 bridgehead atoms. The van der Waals surface area contributed by atoms with Crippen LogP contribution in [0.5, 0.6) is 0 Å². The third kappa shape index (κ3) is 2.13. The fourth-order valence-electron chi connectivity index (χ4n) is 2.75. The van der Waals surface area contributed by atoms with E-state index in [1.165, 1.54) is 16.4 Å². The van der Waals surface area contributed by atoms with E-state index in [-0.39, 0.29) is 10.8 Å². The maximum atomic E-state index is 12.5. The van der Waals surface area contributed by atoms with Gasteiger partial charge in [-0.05, 0) is 48.9 Å². The van der Waals surface area contributed by atoms with Gasteiger partial charge in [-0.2, -0.15) is 9.50 Å². The predicted octanol–water partition coefficient (Wildman–Crippen LogP) is 1.13. The van der Waals surface area contributed by atoms with Crippen LogP contribution in [0, 0.1) is 0 Å². The van der Waals surface area contributed by atoms with E-state index in [4.69, 9.17) is 0 Å². The zero-order valence-electron chi connectivity index (χ0n) is 11.7. The van der Waals surface area contributed by atoms with Crippen molar-refractivity contribution in [2.75, 3.05) is 4.72 Å². The van der Waals surface area contributed by atoms with E-state index in [2.05, 4.69) is 25.0 Å². The summed E-state index contributed by atoms with van der Waals surface area (Å²) >= 11 is 0. The van der Waals surface area contributed by atoms with E-state index < -0.39 is 10.0 Å². The summed E-state index contributed by atoms with van der Waals surface area (Å²) in [5.41, 5.74) is 2.35. The number of rotatable bonds is 3. The Morgan fingerprint density at radius 2 is 1.95 bits per heavy atom. The van der Waals surface area contributed by atoms with Gasteiger partial charge in [0.05, 0.1) is 4.90 Å². The lowest BCUT2D eigenvalue weighted by Crippen LogP contribution is -2.16. The second-order valence-electron chi connectivity index (χ2n) is 5.29. The van der Waals surface area contributed by atoms with Crippen molar-refractivity contribution in [1.82, 2.24) is 24.8 Å². The molecular formula is C13H14N6O2S. The minimum absolute atomic E-state index is 0.0882. The van der Waals surface area contributed by atoms with Crippen LogP contribution >= 0.6 is 0 Å². The van der Waals surface area contributed by atoms with Crippen LogP contribution in [0.25, 0.3) is 5.78 Å². The number of hydrogen-bond donors (Lipinski definition) is 2. The van der Waals surface area contributed by atoms with Crippen LogP contribution in [0.1, 0.15) is 24.0 Å². The third-order valence-corrected chi connectivity index (χ3v) is 5.19. The van der Waals surface area contributed by atoms with Gasteiger partial charge in [0.25, 0.3) is 21.7 Å². The molecule has 0 aliphatic heterocycles. The Bertz CT molecular complexity index is 943. The van der Waals surface area contributed by atoms with Crippen molar-refractivity contribution in [2.45, 2.75) is 30.6 Å². The Hall–Kier alpha value is -2.42. The maximum absolute atomic E-state index is 12.5. The van der Waals surface area contributed by atoms with Crippen molar-refractivity contribution < 1.29 is 8.42 Å². The quantitative estimate of drug-likeness (QED) is 0.753. The number of anilines is 1. The normalized spacial score (nSPS) is 14.9. The highest BCUT2D eigenvalue weighted by Crippen LogP contribution is 2.24. The summed E-state index contributed by atoms with van der Waals surface area (Å²) < 4.78 is 28.9. The summed E-state index contributed by atoms with van der Waals surface area (Å²) in [4.78, 5) is 4.14. The molecule has 0 radical (unpaired) electrons. The highest BCUT2D eigenvalue weighted by molar-refractivity contribution is 7.92. The average Bonchev–Trinajstić information content (AvgIpc) is 3.12. The molecule has 9 heteroatoms. The van der Waals surface area contributed by atoms with Crippen molar-refractivity contribution in [3.63, 3.8) is 0 Å². The van der Waals surface area contributed by atoms with Gasteiger partial charge < -0.3 is 0 Å². The molecule has 8 nitrogen and oxygen atoms in total. The fraction of sp³-hybridized carbons (Fsp3) is 0.308. The van der Waals surface area contributed by atoms with Gasteiger partial charge in [0.15, 0.2) is 0 Å². The van der Waals surface area contributed by atoms with Gasteiger partial charge in [0, 0.05) is 0 Å². The first-order valence-corrected chi connectivity index (χ1v) is 8.51. The smallest absolute Gasteiger partial charge is 0.273 e. The van der Waals surface area contributed by atoms with Crippen LogP contribution in [-0.2, 0) is 22.9 Å². The van der Waals surface area contributed by atoms with E-state index in [0.29, 0.717) is 5.78 Å². The first kappa shape index (κ1) is 13.3. The Balaban J connectivity index is 1.70. The molecule has 4 rings (SSSR count). The summed E-state index contributed by atoms with van der Waals surface area (Å²) in [6.45, 7) is 0. The number of benzene rings is 1. The second kappa shape index (κ2) is 4.80. The molecule has 0 saturated heterocycles. The number of sulfonamides is 1. The number of H-pyrrole nitrogens is 1. The number of nitrogens with one attached hydrogen (secondary N) is 2. The zero-order valence-corrected chi connectivity index (χ0v) is 12.5. The Morgan fingerprint density at radius 1 is 1.14 bits per heavy atom. The average molecular weight is 318 g/mol. The van der Waals surface area contributed by atoms with Gasteiger partial charge in [-0.15, -0.1) is 10.2 Å². The highest BCUT2D eigenvalue weighted by Gasteiger charge is 2.20. The van der Waals surface area contributed by atoms with Gasteiger partial charge >= 0.3 is 0 Å². The van der Waals surface area contributed by atoms with E-state index in [1.54, 1.807) is 12.1 Å². The van der Waals surface area contributed by atoms with Crippen LogP contribution in [0.15, 0.2) is 29.4 Å². The minimum atomic E-state index is -3.71. The van der Waals surface area contributed by atoms with Crippen molar-refractivity contribution in [2.24, 2.45) is 0 Å². The summed E-state index contributed by atoms with van der Waals surface area (Å²) in [6.07, 6.45) is 5.62. The standard InChI is InChI=1S/C13H14N6O2S/c20-22(21,18-13-17-16-12-14-8-15-19(12)13)11-6-5-9-3-1-2-4-10(9)7-11/h5-8H,1-4H2,(H,17,18)(H,14,15,16). The lowest BCUT2D eigenvalue weighted by molar-refractivity contribution is 0.599. The Kier molecular flexibility index (Phi) is 2.89. The molecule has 0 unspecified atom stereocenters. The van der Waals surface area contributed by atoms with Crippen LogP contribution in [0.2, 0.25) is 0 Å². The SMILES string of the molecule is O=S(=O)(Nc1nnc2nc[nH]n12)c1ccc2c(c1)CCCC2. The van der Waals surface area contributed by atoms with Crippen LogP contribution in [0.3, 0.4) is 0 Å². The molecule has 0 atom stereocenters. The number of hydrogen-bond acceptors (Lipinski definition) is 5. The number of aryl methyl sites for hydroxylation is 2. The lowest BCUT2D eigenvalue weighted by atomic mass is 9.92. The van der Waals surface area contributed by atoms with Crippen molar-refractivity contribution in [3.8, 4) is 0 Å². The molecule has 22 heavy (non-hydrogen) atoms. The molecule has 1 aliphatic carbocycles. The van der Waals surface area contributed by atoms with Gasteiger partial charge in [-0.1, -0.05) is 6.07 Å². The van der Waals surface area contributed by atoms with E-state index in [1.807, 2.05) is 6.07 Å². The first-order valence-electron chi connectivity index (χ1n) is 7.03. The number of fused-ring (bicyclic) bond motifs is 2. The molecule has 0 saturated carbocycles. The van der Waals surface area contributed by atoms with Gasteiger partial charge in [-0.3, -0.25) is 5.10 Å². The molecule has 0 spiro atoms. The van der Waals surface area contributed by atoms with Gasteiger partial charge in [-0.25, -0.2) is 13.1 Å². The molecule has 3 aromatic rings. The summed E-state index contributed by atoms with van der Waals surface area (Å²) in [5.74, 6) is 0.397. The number of aromatic amines is 1. The lowest BCUT2D eigenvalue weighted by Gasteiger charge is -2.16. The van der Waals surface area contributed by atoms with E-state index in [9.17, 15) is 8.42 Å². The third-order valence-electron chi connectivity index (χ3n) is 3.87. The molecule has 1 aromatic carbocycles. The monoisotopic (exact) mass is 318 g/mol. The van der Waals surface area contributed by atoms with Crippen molar-refractivity contribution in [3.05, 3.63) is 35.7 Å². The summed E-state index contributed by atoms with van der Waals surface area (Å²) in [7, 11) is -3.71. The zero-order chi connectivity index (χ0) is 15.2. The van der Waals surface area contributed by atoms with Crippen LogP contribution in [-0.4, -0.2) is 33.2 Å². The highest BCUT2D eigenvalue weighted by atomic mass is 32.2. The molecule has 114 valence electrons. The Morgan fingerprint density at radius 3 is 2.82 bits per heavy atom. The first-order chi connectivity index (χ1) is 10.6. The molecule has 0 amide bonds. The van der Waals surface area contributed by atoms with Crippen molar-refractivity contribution in [1.29, 1.82) is 0 Å². The minimum Gasteiger partial charge on any atom is -0.278 e. The van der Waals surface area contributed by atoms with Gasteiger partial charge in [0.2, 0.25) is 0 Å². The predicted molar refractivity (Wildman–Crippen MR) is 79.0 cm³/mol. The van der Waals surface area contributed by atoms with Crippen LogP contribution in [0.4, 0.5) is 5.95 Å². The summed E-state index contributed by atoms with van der Waals surface area (Å²) in [5, 5.41) is 10.3. The fourth-order valence-corrected chi connectivity index (χ4v) is 3.78. The number of aromatic nitrogens is 5. The molecule has 2 N–H and O–H groups in total.